The molecule has 3 rings (SSSR count). The third-order valence-electron chi connectivity index (χ3n) is 4.00. The normalized spacial score (nSPS) is 19.6. The first-order valence-corrected chi connectivity index (χ1v) is 7.82. The number of halogens is 1. The Morgan fingerprint density at radius 1 is 1.36 bits per heavy atom. The van der Waals surface area contributed by atoms with Crippen LogP contribution in [-0.4, -0.2) is 44.3 Å². The Morgan fingerprint density at radius 3 is 2.73 bits per heavy atom. The minimum Gasteiger partial charge on any atom is -0.378 e. The first kappa shape index (κ1) is 15.1. The Bertz CT molecular complexity index is 542. The van der Waals surface area contributed by atoms with E-state index in [0.29, 0.717) is 43.7 Å². The van der Waals surface area contributed by atoms with E-state index in [-0.39, 0.29) is 17.8 Å². The zero-order valence-electron chi connectivity index (χ0n) is 12.8. The number of rotatable bonds is 5. The molecule has 1 heterocycles. The van der Waals surface area contributed by atoms with Gasteiger partial charge >= 0.3 is 0 Å². The van der Waals surface area contributed by atoms with Crippen LogP contribution in [-0.2, 0) is 9.53 Å². The summed E-state index contributed by atoms with van der Waals surface area (Å²) in [7, 11) is 0. The fourth-order valence-electron chi connectivity index (χ4n) is 2.53. The summed E-state index contributed by atoms with van der Waals surface area (Å²) in [5.41, 5.74) is 1.21. The number of carbonyl (C=O) groups is 1. The summed E-state index contributed by atoms with van der Waals surface area (Å²) >= 11 is 0. The number of nitrogens with one attached hydrogen (secondary N) is 2. The molecule has 22 heavy (non-hydrogen) atoms. The van der Waals surface area contributed by atoms with Gasteiger partial charge in [0.05, 0.1) is 18.9 Å². The summed E-state index contributed by atoms with van der Waals surface area (Å²) in [5, 5.41) is 5.98. The Balaban J connectivity index is 1.61. The number of ether oxygens (including phenoxy) is 1. The molecule has 120 valence electrons. The van der Waals surface area contributed by atoms with Gasteiger partial charge in [-0.05, 0) is 38.0 Å². The minimum atomic E-state index is -0.380. The molecule has 2 fully saturated rings. The fraction of sp³-hybridized carbons (Fsp3) is 0.562. The van der Waals surface area contributed by atoms with Crippen LogP contribution in [0.25, 0.3) is 0 Å². The number of amides is 1. The molecule has 1 amide bonds. The maximum atomic E-state index is 14.3. The SMILES string of the molecule is C[C@H](Nc1ccc(N2CCOCC2)c(F)c1)C(=O)NC1CC1. The van der Waals surface area contributed by atoms with E-state index in [1.165, 1.54) is 6.07 Å². The van der Waals surface area contributed by atoms with Gasteiger partial charge in [0.1, 0.15) is 11.9 Å². The predicted molar refractivity (Wildman–Crippen MR) is 83.7 cm³/mol. The number of benzene rings is 1. The second kappa shape index (κ2) is 6.52. The van der Waals surface area contributed by atoms with Gasteiger partial charge in [-0.3, -0.25) is 4.79 Å². The van der Waals surface area contributed by atoms with E-state index in [1.54, 1.807) is 13.0 Å². The van der Waals surface area contributed by atoms with Crippen molar-refractivity contribution in [3.63, 3.8) is 0 Å². The molecule has 1 aromatic rings. The molecule has 5 nitrogen and oxygen atoms in total. The monoisotopic (exact) mass is 307 g/mol. The molecule has 1 aliphatic carbocycles. The zero-order chi connectivity index (χ0) is 15.5. The highest BCUT2D eigenvalue weighted by molar-refractivity contribution is 5.84. The van der Waals surface area contributed by atoms with Gasteiger partial charge in [0.15, 0.2) is 0 Å². The number of nitrogens with zero attached hydrogens (tertiary/aromatic N) is 1. The smallest absolute Gasteiger partial charge is 0.242 e. The molecule has 2 N–H and O–H groups in total. The maximum Gasteiger partial charge on any atom is 0.242 e. The van der Waals surface area contributed by atoms with Gasteiger partial charge in [0, 0.05) is 24.8 Å². The van der Waals surface area contributed by atoms with Gasteiger partial charge in [-0.2, -0.15) is 0 Å². The molecule has 0 aromatic heterocycles. The summed E-state index contributed by atoms with van der Waals surface area (Å²) in [4.78, 5) is 13.9. The average molecular weight is 307 g/mol. The third kappa shape index (κ3) is 3.68. The molecule has 1 atom stereocenters. The lowest BCUT2D eigenvalue weighted by atomic mass is 10.2. The van der Waals surface area contributed by atoms with Gasteiger partial charge in [-0.25, -0.2) is 4.39 Å². The van der Waals surface area contributed by atoms with Crippen molar-refractivity contribution in [3.8, 4) is 0 Å². The minimum absolute atomic E-state index is 0.0415. The highest BCUT2D eigenvalue weighted by Crippen LogP contribution is 2.24. The summed E-state index contributed by atoms with van der Waals surface area (Å²) in [6, 6.07) is 4.97. The molecule has 1 saturated heterocycles. The molecule has 0 spiro atoms. The van der Waals surface area contributed by atoms with Gasteiger partial charge in [-0.1, -0.05) is 0 Å². The van der Waals surface area contributed by atoms with Crippen LogP contribution >= 0.6 is 0 Å². The van der Waals surface area contributed by atoms with E-state index in [1.807, 2.05) is 11.0 Å². The van der Waals surface area contributed by atoms with Crippen molar-refractivity contribution < 1.29 is 13.9 Å². The lowest BCUT2D eigenvalue weighted by molar-refractivity contribution is -0.121. The van der Waals surface area contributed by atoms with Crippen LogP contribution in [0.4, 0.5) is 15.8 Å². The number of anilines is 2. The number of morpholine rings is 1. The van der Waals surface area contributed by atoms with Crippen LogP contribution in [0.5, 0.6) is 0 Å². The van der Waals surface area contributed by atoms with Gasteiger partial charge in [0.2, 0.25) is 5.91 Å². The molecule has 1 saturated carbocycles. The van der Waals surface area contributed by atoms with Crippen LogP contribution in [0.1, 0.15) is 19.8 Å². The van der Waals surface area contributed by atoms with Crippen LogP contribution in [0.15, 0.2) is 18.2 Å². The second-order valence-electron chi connectivity index (χ2n) is 5.91. The number of carbonyl (C=O) groups excluding carboxylic acids is 1. The molecular formula is C16H22FN3O2. The Labute approximate surface area is 129 Å². The summed E-state index contributed by atoms with van der Waals surface area (Å²) < 4.78 is 19.6. The second-order valence-corrected chi connectivity index (χ2v) is 5.91. The number of hydrogen-bond donors (Lipinski definition) is 2. The largest absolute Gasteiger partial charge is 0.378 e. The molecule has 1 aliphatic heterocycles. The lowest BCUT2D eigenvalue weighted by Crippen LogP contribution is -2.38. The van der Waals surface area contributed by atoms with E-state index < -0.39 is 0 Å². The van der Waals surface area contributed by atoms with Gasteiger partial charge < -0.3 is 20.3 Å². The Kier molecular flexibility index (Phi) is 4.47. The first-order chi connectivity index (χ1) is 10.6. The summed E-state index contributed by atoms with van der Waals surface area (Å²) in [5.74, 6) is -0.318. The lowest BCUT2D eigenvalue weighted by Gasteiger charge is -2.29. The fourth-order valence-corrected chi connectivity index (χ4v) is 2.53. The quantitative estimate of drug-likeness (QED) is 0.870. The molecular weight excluding hydrogens is 285 g/mol. The van der Waals surface area contributed by atoms with E-state index in [0.717, 1.165) is 12.8 Å². The van der Waals surface area contributed by atoms with Crippen LogP contribution in [0.3, 0.4) is 0 Å². The molecule has 0 bridgehead atoms. The molecule has 2 aliphatic rings. The maximum absolute atomic E-state index is 14.3. The number of hydrogen-bond acceptors (Lipinski definition) is 4. The van der Waals surface area contributed by atoms with Crippen molar-refractivity contribution in [1.82, 2.24) is 5.32 Å². The van der Waals surface area contributed by atoms with Crippen molar-refractivity contribution in [2.45, 2.75) is 31.8 Å². The molecule has 0 radical (unpaired) electrons. The molecule has 1 aromatic carbocycles. The van der Waals surface area contributed by atoms with E-state index in [4.69, 9.17) is 4.74 Å². The average Bonchev–Trinajstić information content (AvgIpc) is 3.32. The van der Waals surface area contributed by atoms with Crippen molar-refractivity contribution in [2.75, 3.05) is 36.5 Å². The van der Waals surface area contributed by atoms with Crippen molar-refractivity contribution in [3.05, 3.63) is 24.0 Å². The van der Waals surface area contributed by atoms with Crippen molar-refractivity contribution in [1.29, 1.82) is 0 Å². The highest BCUT2D eigenvalue weighted by atomic mass is 19.1. The predicted octanol–water partition coefficient (Wildman–Crippen LogP) is 1.74. The summed E-state index contributed by atoms with van der Waals surface area (Å²) in [6.07, 6.45) is 2.11. The Hall–Kier alpha value is -1.82. The van der Waals surface area contributed by atoms with Crippen LogP contribution < -0.4 is 15.5 Å². The van der Waals surface area contributed by atoms with E-state index >= 15 is 0 Å². The van der Waals surface area contributed by atoms with Crippen molar-refractivity contribution >= 4 is 17.3 Å². The van der Waals surface area contributed by atoms with Crippen LogP contribution in [0.2, 0.25) is 0 Å². The highest BCUT2D eigenvalue weighted by Gasteiger charge is 2.25. The van der Waals surface area contributed by atoms with Crippen molar-refractivity contribution in [2.24, 2.45) is 0 Å². The Morgan fingerprint density at radius 2 is 2.09 bits per heavy atom. The topological polar surface area (TPSA) is 53.6 Å². The molecule has 0 unspecified atom stereocenters. The standard InChI is InChI=1S/C16H22FN3O2/c1-11(16(21)19-12-2-3-12)18-13-4-5-15(14(17)10-13)20-6-8-22-9-7-20/h4-5,10-12,18H,2-3,6-9H2,1H3,(H,19,21)/t11-/m0/s1. The first-order valence-electron chi connectivity index (χ1n) is 7.82. The van der Waals surface area contributed by atoms with E-state index in [2.05, 4.69) is 10.6 Å². The zero-order valence-corrected chi connectivity index (χ0v) is 12.8. The third-order valence-corrected chi connectivity index (χ3v) is 4.00. The van der Waals surface area contributed by atoms with Crippen LogP contribution in [0, 0.1) is 5.82 Å². The molecule has 6 heteroatoms. The van der Waals surface area contributed by atoms with E-state index in [9.17, 15) is 9.18 Å². The van der Waals surface area contributed by atoms with Gasteiger partial charge in [-0.15, -0.1) is 0 Å². The van der Waals surface area contributed by atoms with Gasteiger partial charge in [0.25, 0.3) is 0 Å². The summed E-state index contributed by atoms with van der Waals surface area (Å²) in [6.45, 7) is 4.43.